The molecule has 0 aliphatic carbocycles. The molecule has 0 N–H and O–H groups in total. The number of ether oxygens (including phenoxy) is 3. The number of aliphatic imine (C=N–C) groups is 1. The minimum Gasteiger partial charge on any atom is -0.481 e. The number of carbonyl (C=O) groups excluding carboxylic acids is 1. The predicted octanol–water partition coefficient (Wildman–Crippen LogP) is 4.23. The smallest absolute Gasteiger partial charge is 0.363 e. The van der Waals surface area contributed by atoms with Crippen molar-refractivity contribution in [2.45, 2.75) is 0 Å². The number of cyclic esters (lactones) is 1. The fourth-order valence-electron chi connectivity index (χ4n) is 2.64. The number of hydrogen-bond donors (Lipinski definition) is 0. The van der Waals surface area contributed by atoms with Crippen molar-refractivity contribution < 1.29 is 19.0 Å². The molecule has 0 bridgehead atoms. The van der Waals surface area contributed by atoms with E-state index in [4.69, 9.17) is 14.2 Å². The summed E-state index contributed by atoms with van der Waals surface area (Å²) in [6.07, 6.45) is 3.22. The van der Waals surface area contributed by atoms with Crippen LogP contribution in [0.4, 0.5) is 0 Å². The van der Waals surface area contributed by atoms with E-state index in [0.717, 1.165) is 11.3 Å². The first-order valence-electron chi connectivity index (χ1n) is 8.57. The van der Waals surface area contributed by atoms with Gasteiger partial charge in [0.15, 0.2) is 5.70 Å². The Bertz CT molecular complexity index is 1070. The molecule has 6 nitrogen and oxygen atoms in total. The van der Waals surface area contributed by atoms with Gasteiger partial charge in [0.05, 0.1) is 7.11 Å². The van der Waals surface area contributed by atoms with Gasteiger partial charge in [0.2, 0.25) is 11.8 Å². The van der Waals surface area contributed by atoms with Crippen molar-refractivity contribution in [1.29, 1.82) is 0 Å². The van der Waals surface area contributed by atoms with Gasteiger partial charge in [-0.1, -0.05) is 30.3 Å². The molecule has 4 rings (SSSR count). The van der Waals surface area contributed by atoms with Gasteiger partial charge in [-0.15, -0.1) is 0 Å². The van der Waals surface area contributed by atoms with Crippen molar-refractivity contribution in [3.8, 4) is 17.4 Å². The second-order valence-corrected chi connectivity index (χ2v) is 5.91. The number of benzene rings is 2. The molecule has 0 saturated heterocycles. The molecule has 1 aliphatic rings. The standard InChI is InChI=1S/C22H16N2O4/c1-26-20-14-16(10-11-23-20)21-24-19(22(25)28-21)13-15-6-5-9-18(12-15)27-17-7-3-2-4-8-17/h2-14H,1H3. The molecule has 0 atom stereocenters. The summed E-state index contributed by atoms with van der Waals surface area (Å²) in [5, 5.41) is 0. The average Bonchev–Trinajstić information content (AvgIpc) is 3.09. The Labute approximate surface area is 161 Å². The zero-order valence-corrected chi connectivity index (χ0v) is 15.0. The zero-order valence-electron chi connectivity index (χ0n) is 15.0. The summed E-state index contributed by atoms with van der Waals surface area (Å²) < 4.78 is 16.2. The van der Waals surface area contributed by atoms with E-state index in [1.165, 1.54) is 7.11 Å². The number of nitrogens with zero attached hydrogens (tertiary/aromatic N) is 2. The highest BCUT2D eigenvalue weighted by molar-refractivity contribution is 6.12. The Morgan fingerprint density at radius 3 is 2.61 bits per heavy atom. The number of carbonyl (C=O) groups is 1. The van der Waals surface area contributed by atoms with Gasteiger partial charge in [-0.3, -0.25) is 0 Å². The molecular formula is C22H16N2O4. The fraction of sp³-hybridized carbons (Fsp3) is 0.0455. The minimum absolute atomic E-state index is 0.211. The molecule has 0 saturated carbocycles. The van der Waals surface area contributed by atoms with Crippen LogP contribution in [0.3, 0.4) is 0 Å². The molecule has 28 heavy (non-hydrogen) atoms. The van der Waals surface area contributed by atoms with Crippen LogP contribution in [0.5, 0.6) is 17.4 Å². The van der Waals surface area contributed by atoms with Gasteiger partial charge in [-0.2, -0.15) is 0 Å². The van der Waals surface area contributed by atoms with Crippen molar-refractivity contribution in [2.24, 2.45) is 4.99 Å². The van der Waals surface area contributed by atoms with Crippen LogP contribution in [0.15, 0.2) is 83.6 Å². The molecule has 2 aromatic carbocycles. The molecule has 0 unspecified atom stereocenters. The summed E-state index contributed by atoms with van der Waals surface area (Å²) in [4.78, 5) is 20.5. The molecule has 3 aromatic rings. The average molecular weight is 372 g/mol. The van der Waals surface area contributed by atoms with Crippen molar-refractivity contribution in [3.05, 3.63) is 89.8 Å². The lowest BCUT2D eigenvalue weighted by atomic mass is 10.2. The highest BCUT2D eigenvalue weighted by Crippen LogP contribution is 2.25. The molecule has 6 heteroatoms. The highest BCUT2D eigenvalue weighted by atomic mass is 16.6. The molecule has 0 amide bonds. The zero-order chi connectivity index (χ0) is 19.3. The molecule has 138 valence electrons. The lowest BCUT2D eigenvalue weighted by Gasteiger charge is -2.05. The molecule has 1 aromatic heterocycles. The first kappa shape index (κ1) is 17.5. The van der Waals surface area contributed by atoms with Gasteiger partial charge in [-0.05, 0) is 42.0 Å². The number of aromatic nitrogens is 1. The van der Waals surface area contributed by atoms with Gasteiger partial charge in [-0.25, -0.2) is 14.8 Å². The SMILES string of the molecule is COc1cc(C2=NC(=Cc3cccc(Oc4ccccc4)c3)C(=O)O2)ccn1. The van der Waals surface area contributed by atoms with Crippen LogP contribution in [-0.2, 0) is 9.53 Å². The Hall–Kier alpha value is -3.93. The van der Waals surface area contributed by atoms with Crippen LogP contribution < -0.4 is 9.47 Å². The monoisotopic (exact) mass is 372 g/mol. The number of pyridine rings is 1. The molecule has 2 heterocycles. The second-order valence-electron chi connectivity index (χ2n) is 5.91. The Morgan fingerprint density at radius 2 is 1.79 bits per heavy atom. The first-order valence-corrected chi connectivity index (χ1v) is 8.57. The predicted molar refractivity (Wildman–Crippen MR) is 104 cm³/mol. The lowest BCUT2D eigenvalue weighted by molar-refractivity contribution is -0.129. The molecular weight excluding hydrogens is 356 g/mol. The molecule has 0 spiro atoms. The van der Waals surface area contributed by atoms with Crippen LogP contribution in [0.1, 0.15) is 11.1 Å². The van der Waals surface area contributed by atoms with Crippen molar-refractivity contribution in [3.63, 3.8) is 0 Å². The normalized spacial score (nSPS) is 14.5. The van der Waals surface area contributed by atoms with Crippen LogP contribution in [-0.4, -0.2) is 24.0 Å². The van der Waals surface area contributed by atoms with Crippen molar-refractivity contribution >= 4 is 17.9 Å². The van der Waals surface area contributed by atoms with Crippen molar-refractivity contribution in [1.82, 2.24) is 4.98 Å². The van der Waals surface area contributed by atoms with E-state index < -0.39 is 5.97 Å². The second kappa shape index (κ2) is 7.75. The maximum absolute atomic E-state index is 12.2. The van der Waals surface area contributed by atoms with Gasteiger partial charge in [0, 0.05) is 17.8 Å². The summed E-state index contributed by atoms with van der Waals surface area (Å²) in [5.41, 5.74) is 1.60. The Kier molecular flexibility index (Phi) is 4.84. The topological polar surface area (TPSA) is 70.0 Å². The number of hydrogen-bond acceptors (Lipinski definition) is 6. The van der Waals surface area contributed by atoms with Crippen molar-refractivity contribution in [2.75, 3.05) is 7.11 Å². The number of esters is 1. The maximum atomic E-state index is 12.2. The molecule has 0 fully saturated rings. The van der Waals surface area contributed by atoms with E-state index in [2.05, 4.69) is 9.98 Å². The summed E-state index contributed by atoms with van der Waals surface area (Å²) in [6.45, 7) is 0. The third kappa shape index (κ3) is 3.91. The number of para-hydroxylation sites is 1. The van der Waals surface area contributed by atoms with E-state index in [1.807, 2.05) is 54.6 Å². The quantitative estimate of drug-likeness (QED) is 0.495. The summed E-state index contributed by atoms with van der Waals surface area (Å²) in [6, 6.07) is 20.2. The van der Waals surface area contributed by atoms with E-state index in [-0.39, 0.29) is 11.6 Å². The summed E-state index contributed by atoms with van der Waals surface area (Å²) in [5.74, 6) is 1.52. The van der Waals surface area contributed by atoms with E-state index in [1.54, 1.807) is 24.4 Å². The Balaban J connectivity index is 1.59. The van der Waals surface area contributed by atoms with E-state index in [9.17, 15) is 4.79 Å². The van der Waals surface area contributed by atoms with Crippen LogP contribution in [0.25, 0.3) is 6.08 Å². The highest BCUT2D eigenvalue weighted by Gasteiger charge is 2.24. The van der Waals surface area contributed by atoms with Gasteiger partial charge >= 0.3 is 5.97 Å². The molecule has 1 aliphatic heterocycles. The summed E-state index contributed by atoms with van der Waals surface area (Å²) in [7, 11) is 1.52. The minimum atomic E-state index is -0.514. The fourth-order valence-corrected chi connectivity index (χ4v) is 2.64. The van der Waals surface area contributed by atoms with Gasteiger partial charge in [0.1, 0.15) is 11.5 Å². The number of rotatable bonds is 5. The molecule has 0 radical (unpaired) electrons. The lowest BCUT2D eigenvalue weighted by Crippen LogP contribution is -2.05. The van der Waals surface area contributed by atoms with E-state index in [0.29, 0.717) is 17.2 Å². The largest absolute Gasteiger partial charge is 0.481 e. The maximum Gasteiger partial charge on any atom is 0.363 e. The van der Waals surface area contributed by atoms with E-state index >= 15 is 0 Å². The van der Waals surface area contributed by atoms with Crippen LogP contribution in [0, 0.1) is 0 Å². The summed E-state index contributed by atoms with van der Waals surface area (Å²) >= 11 is 0. The third-order valence-electron chi connectivity index (χ3n) is 3.95. The third-order valence-corrected chi connectivity index (χ3v) is 3.95. The van der Waals surface area contributed by atoms with Gasteiger partial charge in [0.25, 0.3) is 0 Å². The van der Waals surface area contributed by atoms with Gasteiger partial charge < -0.3 is 14.2 Å². The number of methoxy groups -OCH3 is 1. The first-order chi connectivity index (χ1) is 13.7. The van der Waals surface area contributed by atoms with Crippen LogP contribution >= 0.6 is 0 Å². The van der Waals surface area contributed by atoms with Crippen LogP contribution in [0.2, 0.25) is 0 Å². The Morgan fingerprint density at radius 1 is 0.964 bits per heavy atom.